The van der Waals surface area contributed by atoms with Gasteiger partial charge in [-0.1, -0.05) is 12.1 Å². The topological polar surface area (TPSA) is 96.2 Å². The van der Waals surface area contributed by atoms with Crippen LogP contribution in [0.1, 0.15) is 32.8 Å². The number of hydrogen-bond acceptors (Lipinski definition) is 5. The molecule has 0 saturated heterocycles. The third-order valence-electron chi connectivity index (χ3n) is 4.03. The molecule has 0 bridgehead atoms. The van der Waals surface area contributed by atoms with Gasteiger partial charge in [-0.15, -0.1) is 0 Å². The highest BCUT2D eigenvalue weighted by atomic mass is 19.1. The highest BCUT2D eigenvalue weighted by Gasteiger charge is 2.26. The van der Waals surface area contributed by atoms with Crippen LogP contribution in [0.3, 0.4) is 0 Å². The monoisotopic (exact) mass is 352 g/mol. The Hall–Kier alpha value is -3.66. The summed E-state index contributed by atoms with van der Waals surface area (Å²) < 4.78 is 19.0. The van der Waals surface area contributed by atoms with Crippen LogP contribution in [-0.2, 0) is 6.54 Å². The standard InChI is InChI=1S/C19H13FN2O4/c1-11-14(9-21)18(24)22(10-12-4-6-13(20)7-5-12)19(25)16(11)17(23)15-3-2-8-26-15/h2-8,25H,10H2,1H3. The Morgan fingerprint density at radius 2 is 2.00 bits per heavy atom. The molecule has 1 N–H and O–H groups in total. The zero-order valence-corrected chi connectivity index (χ0v) is 13.7. The summed E-state index contributed by atoms with van der Waals surface area (Å²) in [5.41, 5.74) is -0.569. The average molecular weight is 352 g/mol. The minimum atomic E-state index is -0.734. The van der Waals surface area contributed by atoms with Gasteiger partial charge < -0.3 is 9.52 Å². The van der Waals surface area contributed by atoms with Gasteiger partial charge in [0.25, 0.3) is 5.56 Å². The van der Waals surface area contributed by atoms with E-state index >= 15 is 0 Å². The summed E-state index contributed by atoms with van der Waals surface area (Å²) in [6.45, 7) is 1.29. The number of halogens is 1. The van der Waals surface area contributed by atoms with Crippen LogP contribution < -0.4 is 5.56 Å². The number of nitrogens with zero attached hydrogens (tertiary/aromatic N) is 2. The van der Waals surface area contributed by atoms with Gasteiger partial charge in [0.15, 0.2) is 5.76 Å². The van der Waals surface area contributed by atoms with Gasteiger partial charge >= 0.3 is 0 Å². The molecule has 0 aliphatic heterocycles. The Kier molecular flexibility index (Phi) is 4.42. The summed E-state index contributed by atoms with van der Waals surface area (Å²) >= 11 is 0. The number of aromatic nitrogens is 1. The summed E-state index contributed by atoms with van der Waals surface area (Å²) in [4.78, 5) is 25.2. The molecule has 0 saturated carbocycles. The third-order valence-corrected chi connectivity index (χ3v) is 4.03. The van der Waals surface area contributed by atoms with Gasteiger partial charge in [-0.2, -0.15) is 5.26 Å². The van der Waals surface area contributed by atoms with E-state index in [2.05, 4.69) is 0 Å². The zero-order valence-electron chi connectivity index (χ0n) is 13.7. The Morgan fingerprint density at radius 1 is 1.31 bits per heavy atom. The van der Waals surface area contributed by atoms with Gasteiger partial charge in [0.05, 0.1) is 18.4 Å². The van der Waals surface area contributed by atoms with Crippen LogP contribution in [0.5, 0.6) is 5.88 Å². The predicted octanol–water partition coefficient (Wildman–Crippen LogP) is 2.75. The molecule has 3 aromatic rings. The molecule has 2 aromatic heterocycles. The van der Waals surface area contributed by atoms with E-state index in [0.29, 0.717) is 5.56 Å². The quantitative estimate of drug-likeness (QED) is 0.728. The number of nitriles is 1. The van der Waals surface area contributed by atoms with Crippen molar-refractivity contribution in [3.05, 3.63) is 86.8 Å². The van der Waals surface area contributed by atoms with Gasteiger partial charge in [0.1, 0.15) is 17.4 Å². The summed E-state index contributed by atoms with van der Waals surface area (Å²) in [6.07, 6.45) is 1.30. The lowest BCUT2D eigenvalue weighted by molar-refractivity contribution is 0.100. The van der Waals surface area contributed by atoms with E-state index in [4.69, 9.17) is 4.42 Å². The SMILES string of the molecule is Cc1c(C(=O)c2ccco2)c(O)n(Cc2ccc(F)cc2)c(=O)c1C#N. The molecule has 1 aromatic carbocycles. The summed E-state index contributed by atoms with van der Waals surface area (Å²) in [5.74, 6) is -1.69. The number of carbonyl (C=O) groups is 1. The summed E-state index contributed by atoms with van der Waals surface area (Å²) in [5, 5.41) is 19.9. The van der Waals surface area contributed by atoms with Gasteiger partial charge in [-0.3, -0.25) is 14.2 Å². The number of carbonyl (C=O) groups excluding carboxylic acids is 1. The van der Waals surface area contributed by atoms with Crippen molar-refractivity contribution < 1.29 is 18.7 Å². The Labute approximate surface area is 147 Å². The van der Waals surface area contributed by atoms with Crippen molar-refractivity contribution in [2.24, 2.45) is 0 Å². The van der Waals surface area contributed by atoms with Crippen molar-refractivity contribution >= 4 is 5.78 Å². The number of furan rings is 1. The first kappa shape index (κ1) is 17.2. The first-order valence-corrected chi connectivity index (χ1v) is 7.63. The third kappa shape index (κ3) is 2.89. The van der Waals surface area contributed by atoms with Crippen LogP contribution in [0.2, 0.25) is 0 Å². The second-order valence-electron chi connectivity index (χ2n) is 5.63. The van der Waals surface area contributed by atoms with Crippen LogP contribution in [0.25, 0.3) is 0 Å². The van der Waals surface area contributed by atoms with Gasteiger partial charge in [-0.05, 0) is 42.3 Å². The highest BCUT2D eigenvalue weighted by Crippen LogP contribution is 2.25. The molecule has 0 unspecified atom stereocenters. The lowest BCUT2D eigenvalue weighted by Crippen LogP contribution is -2.27. The van der Waals surface area contributed by atoms with E-state index in [9.17, 15) is 24.3 Å². The van der Waals surface area contributed by atoms with Crippen LogP contribution >= 0.6 is 0 Å². The van der Waals surface area contributed by atoms with E-state index in [1.54, 1.807) is 6.07 Å². The number of ketones is 1. The molecule has 0 aliphatic carbocycles. The van der Waals surface area contributed by atoms with Crippen molar-refractivity contribution in [3.63, 3.8) is 0 Å². The van der Waals surface area contributed by atoms with E-state index in [1.165, 1.54) is 49.6 Å². The Balaban J connectivity index is 2.20. The first-order chi connectivity index (χ1) is 12.4. The molecule has 3 rings (SSSR count). The number of pyridine rings is 1. The fraction of sp³-hybridized carbons (Fsp3) is 0.105. The number of aromatic hydroxyl groups is 1. The van der Waals surface area contributed by atoms with Gasteiger partial charge in [0.2, 0.25) is 11.7 Å². The number of benzene rings is 1. The Morgan fingerprint density at radius 3 is 2.58 bits per heavy atom. The molecule has 0 amide bonds. The minimum Gasteiger partial charge on any atom is -0.494 e. The molecule has 7 heteroatoms. The van der Waals surface area contributed by atoms with Crippen molar-refractivity contribution in [2.45, 2.75) is 13.5 Å². The second kappa shape index (κ2) is 6.69. The summed E-state index contributed by atoms with van der Waals surface area (Å²) in [7, 11) is 0. The number of rotatable bonds is 4. The predicted molar refractivity (Wildman–Crippen MR) is 89.5 cm³/mol. The van der Waals surface area contributed by atoms with Crippen molar-refractivity contribution in [2.75, 3.05) is 0 Å². The lowest BCUT2D eigenvalue weighted by atomic mass is 10.00. The van der Waals surface area contributed by atoms with Crippen LogP contribution in [0, 0.1) is 24.1 Å². The fourth-order valence-electron chi connectivity index (χ4n) is 2.67. The lowest BCUT2D eigenvalue weighted by Gasteiger charge is -2.15. The summed E-state index contributed by atoms with van der Waals surface area (Å²) in [6, 6.07) is 10.0. The van der Waals surface area contributed by atoms with Crippen molar-refractivity contribution in [3.8, 4) is 11.9 Å². The second-order valence-corrected chi connectivity index (χ2v) is 5.63. The molecule has 2 heterocycles. The molecule has 0 spiro atoms. The highest BCUT2D eigenvalue weighted by molar-refractivity contribution is 6.09. The maximum absolute atomic E-state index is 13.1. The maximum Gasteiger partial charge on any atom is 0.271 e. The van der Waals surface area contributed by atoms with Crippen LogP contribution in [-0.4, -0.2) is 15.5 Å². The van der Waals surface area contributed by atoms with Gasteiger partial charge in [0, 0.05) is 0 Å². The minimum absolute atomic E-state index is 0.0285. The molecular formula is C19H13FN2O4. The molecule has 6 nitrogen and oxygen atoms in total. The smallest absolute Gasteiger partial charge is 0.271 e. The van der Waals surface area contributed by atoms with E-state index in [0.717, 1.165) is 4.57 Å². The van der Waals surface area contributed by atoms with E-state index in [-0.39, 0.29) is 29.0 Å². The van der Waals surface area contributed by atoms with Crippen LogP contribution in [0.15, 0.2) is 51.9 Å². The molecular weight excluding hydrogens is 339 g/mol. The van der Waals surface area contributed by atoms with E-state index in [1.807, 2.05) is 0 Å². The zero-order chi connectivity index (χ0) is 18.8. The molecule has 0 aliphatic rings. The maximum atomic E-state index is 13.1. The van der Waals surface area contributed by atoms with E-state index < -0.39 is 23.0 Å². The first-order valence-electron chi connectivity index (χ1n) is 7.63. The molecule has 26 heavy (non-hydrogen) atoms. The fourth-order valence-corrected chi connectivity index (χ4v) is 2.67. The normalized spacial score (nSPS) is 10.5. The van der Waals surface area contributed by atoms with Gasteiger partial charge in [-0.25, -0.2) is 4.39 Å². The van der Waals surface area contributed by atoms with Crippen molar-refractivity contribution in [1.29, 1.82) is 5.26 Å². The molecule has 130 valence electrons. The van der Waals surface area contributed by atoms with Crippen molar-refractivity contribution in [1.82, 2.24) is 4.57 Å². The number of hydrogen-bond donors (Lipinski definition) is 1. The van der Waals surface area contributed by atoms with Crippen LogP contribution in [0.4, 0.5) is 4.39 Å². The average Bonchev–Trinajstić information content (AvgIpc) is 3.15. The Bertz CT molecular complexity index is 1070. The molecule has 0 atom stereocenters. The molecule has 0 fully saturated rings. The molecule has 0 radical (unpaired) electrons. The largest absolute Gasteiger partial charge is 0.494 e.